The van der Waals surface area contributed by atoms with Crippen molar-refractivity contribution < 1.29 is 27.8 Å². The van der Waals surface area contributed by atoms with Crippen molar-refractivity contribution in [1.29, 1.82) is 0 Å². The number of nitrogens with one attached hydrogen (secondary N) is 1. The first-order valence-electron chi connectivity index (χ1n) is 9.87. The predicted octanol–water partition coefficient (Wildman–Crippen LogP) is 4.35. The Labute approximate surface area is 175 Å². The number of carbonyl (C=O) groups is 2. The van der Waals surface area contributed by atoms with Gasteiger partial charge in [-0.15, -0.1) is 0 Å². The Morgan fingerprint density at radius 2 is 1.80 bits per heavy atom. The van der Waals surface area contributed by atoms with Crippen LogP contribution in [0.25, 0.3) is 0 Å². The molecule has 1 unspecified atom stereocenters. The summed E-state index contributed by atoms with van der Waals surface area (Å²) in [4.78, 5) is 24.5. The Morgan fingerprint density at radius 1 is 1.10 bits per heavy atom. The number of amides is 1. The Balaban J connectivity index is 2.07. The molecule has 2 aromatic rings. The third-order valence-electron chi connectivity index (χ3n) is 4.63. The van der Waals surface area contributed by atoms with Crippen LogP contribution in [0, 0.1) is 17.6 Å². The van der Waals surface area contributed by atoms with E-state index in [4.69, 9.17) is 9.47 Å². The molecule has 0 aliphatic heterocycles. The zero-order chi connectivity index (χ0) is 22.1. The van der Waals surface area contributed by atoms with Crippen molar-refractivity contribution in [2.24, 2.45) is 5.92 Å². The average Bonchev–Trinajstić information content (AvgIpc) is 2.73. The van der Waals surface area contributed by atoms with Gasteiger partial charge in [-0.2, -0.15) is 0 Å². The second-order valence-corrected chi connectivity index (χ2v) is 7.21. The predicted molar refractivity (Wildman–Crippen MR) is 109 cm³/mol. The van der Waals surface area contributed by atoms with Gasteiger partial charge in [0.15, 0.2) is 6.04 Å². The summed E-state index contributed by atoms with van der Waals surface area (Å²) in [6.45, 7) is 4.82. The molecule has 0 bridgehead atoms. The lowest BCUT2D eigenvalue weighted by atomic mass is 10.1. The van der Waals surface area contributed by atoms with E-state index in [9.17, 15) is 18.4 Å². The Hall–Kier alpha value is -2.96. The fraction of sp³-hybridized carbons (Fsp3) is 0.391. The molecule has 1 amide bonds. The van der Waals surface area contributed by atoms with E-state index in [0.29, 0.717) is 23.8 Å². The van der Waals surface area contributed by atoms with E-state index < -0.39 is 36.0 Å². The van der Waals surface area contributed by atoms with Crippen LogP contribution in [0.1, 0.15) is 43.9 Å². The van der Waals surface area contributed by atoms with Crippen LogP contribution in [0.5, 0.6) is 5.75 Å². The van der Waals surface area contributed by atoms with Gasteiger partial charge in [-0.25, -0.2) is 13.6 Å². The molecule has 0 saturated heterocycles. The Morgan fingerprint density at radius 3 is 2.43 bits per heavy atom. The molecular formula is C23H27F2NO4. The van der Waals surface area contributed by atoms with Gasteiger partial charge in [0, 0.05) is 5.56 Å². The minimum atomic E-state index is -1.08. The van der Waals surface area contributed by atoms with Gasteiger partial charge in [0.05, 0.1) is 20.1 Å². The monoisotopic (exact) mass is 419 g/mol. The second kappa shape index (κ2) is 11.3. The van der Waals surface area contributed by atoms with Crippen LogP contribution in [0.4, 0.5) is 8.78 Å². The number of carbonyl (C=O) groups excluding carboxylic acids is 2. The van der Waals surface area contributed by atoms with Gasteiger partial charge in [-0.1, -0.05) is 32.4 Å². The van der Waals surface area contributed by atoms with Crippen LogP contribution < -0.4 is 10.1 Å². The highest BCUT2D eigenvalue weighted by molar-refractivity contribution is 5.86. The van der Waals surface area contributed by atoms with E-state index in [-0.39, 0.29) is 5.56 Å². The molecule has 2 atom stereocenters. The van der Waals surface area contributed by atoms with E-state index in [1.807, 2.05) is 0 Å². The molecule has 162 valence electrons. The molecule has 0 radical (unpaired) electrons. The third-order valence-corrected chi connectivity index (χ3v) is 4.63. The summed E-state index contributed by atoms with van der Waals surface area (Å²) in [5, 5.41) is 2.52. The number of hydrogen-bond donors (Lipinski definition) is 1. The second-order valence-electron chi connectivity index (χ2n) is 7.21. The van der Waals surface area contributed by atoms with Crippen LogP contribution in [-0.4, -0.2) is 25.6 Å². The Kier molecular flexibility index (Phi) is 8.77. The SMILES string of the molecule is CCCC(C)COc1ccc([C@@H](NC(=O)Cc2cc(F)ccc2F)C(=O)OC)cc1. The summed E-state index contributed by atoms with van der Waals surface area (Å²) in [6.07, 6.45) is 1.75. The van der Waals surface area contributed by atoms with Crippen LogP contribution in [0.15, 0.2) is 42.5 Å². The number of hydrogen-bond acceptors (Lipinski definition) is 4. The molecule has 0 aliphatic carbocycles. The van der Waals surface area contributed by atoms with Gasteiger partial charge in [0.25, 0.3) is 0 Å². The quantitative estimate of drug-likeness (QED) is 0.582. The first kappa shape index (κ1) is 23.3. The summed E-state index contributed by atoms with van der Waals surface area (Å²) >= 11 is 0. The van der Waals surface area contributed by atoms with Gasteiger partial charge in [-0.3, -0.25) is 4.79 Å². The minimum Gasteiger partial charge on any atom is -0.493 e. The Bertz CT molecular complexity index is 855. The highest BCUT2D eigenvalue weighted by Crippen LogP contribution is 2.21. The van der Waals surface area contributed by atoms with E-state index in [1.54, 1.807) is 24.3 Å². The highest BCUT2D eigenvalue weighted by atomic mass is 19.1. The summed E-state index contributed by atoms with van der Waals surface area (Å²) in [6, 6.07) is 8.54. The van der Waals surface area contributed by atoms with Gasteiger partial charge in [-0.05, 0) is 48.2 Å². The zero-order valence-corrected chi connectivity index (χ0v) is 17.4. The van der Waals surface area contributed by atoms with Crippen LogP contribution in [-0.2, 0) is 20.7 Å². The van der Waals surface area contributed by atoms with Gasteiger partial charge in [0.2, 0.25) is 5.91 Å². The highest BCUT2D eigenvalue weighted by Gasteiger charge is 2.24. The summed E-state index contributed by atoms with van der Waals surface area (Å²) in [5.74, 6) is -1.57. The van der Waals surface area contributed by atoms with Crippen molar-refractivity contribution in [2.45, 2.75) is 39.2 Å². The molecule has 0 saturated carbocycles. The number of halogens is 2. The zero-order valence-electron chi connectivity index (χ0n) is 17.4. The largest absolute Gasteiger partial charge is 0.493 e. The van der Waals surface area contributed by atoms with Crippen LogP contribution in [0.2, 0.25) is 0 Å². The molecule has 2 aromatic carbocycles. The molecule has 30 heavy (non-hydrogen) atoms. The number of esters is 1. The maximum absolute atomic E-state index is 13.8. The lowest BCUT2D eigenvalue weighted by molar-refractivity contribution is -0.145. The van der Waals surface area contributed by atoms with Crippen molar-refractivity contribution in [3.8, 4) is 5.75 Å². The summed E-state index contributed by atoms with van der Waals surface area (Å²) in [5.41, 5.74) is 0.393. The molecule has 0 aromatic heterocycles. The molecule has 5 nitrogen and oxygen atoms in total. The fourth-order valence-corrected chi connectivity index (χ4v) is 3.03. The van der Waals surface area contributed by atoms with E-state index in [1.165, 1.54) is 7.11 Å². The lowest BCUT2D eigenvalue weighted by Crippen LogP contribution is -2.35. The smallest absolute Gasteiger partial charge is 0.333 e. The van der Waals surface area contributed by atoms with Crippen molar-refractivity contribution in [3.05, 3.63) is 65.2 Å². The number of benzene rings is 2. The maximum atomic E-state index is 13.8. The van der Waals surface area contributed by atoms with Gasteiger partial charge >= 0.3 is 5.97 Å². The van der Waals surface area contributed by atoms with Gasteiger partial charge < -0.3 is 14.8 Å². The van der Waals surface area contributed by atoms with Crippen molar-refractivity contribution in [2.75, 3.05) is 13.7 Å². The molecular weight excluding hydrogens is 392 g/mol. The van der Waals surface area contributed by atoms with Crippen molar-refractivity contribution in [1.82, 2.24) is 5.32 Å². The topological polar surface area (TPSA) is 64.6 Å². The number of rotatable bonds is 10. The number of ether oxygens (including phenoxy) is 2. The normalized spacial score (nSPS) is 12.7. The first-order valence-corrected chi connectivity index (χ1v) is 9.87. The lowest BCUT2D eigenvalue weighted by Gasteiger charge is -2.18. The molecule has 2 rings (SSSR count). The third kappa shape index (κ3) is 6.83. The first-order chi connectivity index (χ1) is 14.3. The molecule has 0 fully saturated rings. The molecule has 1 N–H and O–H groups in total. The molecule has 0 aliphatic rings. The van der Waals surface area contributed by atoms with E-state index in [0.717, 1.165) is 31.0 Å². The van der Waals surface area contributed by atoms with Gasteiger partial charge in [0.1, 0.15) is 17.4 Å². The molecule has 7 heteroatoms. The maximum Gasteiger partial charge on any atom is 0.333 e. The molecule has 0 heterocycles. The summed E-state index contributed by atoms with van der Waals surface area (Å²) < 4.78 is 37.6. The average molecular weight is 419 g/mol. The van der Waals surface area contributed by atoms with Crippen molar-refractivity contribution in [3.63, 3.8) is 0 Å². The van der Waals surface area contributed by atoms with E-state index >= 15 is 0 Å². The fourth-order valence-electron chi connectivity index (χ4n) is 3.03. The van der Waals surface area contributed by atoms with Crippen LogP contribution >= 0.6 is 0 Å². The standard InChI is InChI=1S/C23H27F2NO4/c1-4-5-15(2)14-30-19-9-6-16(7-10-19)22(23(28)29-3)26-21(27)13-17-12-18(24)8-11-20(17)25/h6-12,15,22H,4-5,13-14H2,1-3H3,(H,26,27)/t15?,22-/m1/s1. The van der Waals surface area contributed by atoms with Crippen molar-refractivity contribution >= 4 is 11.9 Å². The minimum absolute atomic E-state index is 0.0962. The summed E-state index contributed by atoms with van der Waals surface area (Å²) in [7, 11) is 1.21. The number of methoxy groups -OCH3 is 1. The van der Waals surface area contributed by atoms with Crippen LogP contribution in [0.3, 0.4) is 0 Å². The van der Waals surface area contributed by atoms with E-state index in [2.05, 4.69) is 19.2 Å². The molecule has 0 spiro atoms.